The van der Waals surface area contributed by atoms with Crippen LogP contribution in [0.2, 0.25) is 0 Å². The zero-order valence-electron chi connectivity index (χ0n) is 15.6. The average Bonchev–Trinajstić information content (AvgIpc) is 2.85. The first-order valence-corrected chi connectivity index (χ1v) is 8.85. The molecule has 2 aromatic rings. The summed E-state index contributed by atoms with van der Waals surface area (Å²) in [5.41, 5.74) is 0.00927. The molecule has 150 valence electrons. The molecule has 1 fully saturated rings. The Morgan fingerprint density at radius 2 is 1.69 bits per heavy atom. The van der Waals surface area contributed by atoms with Crippen molar-refractivity contribution >= 4 is 23.6 Å². The summed E-state index contributed by atoms with van der Waals surface area (Å²) >= 11 is 0. The summed E-state index contributed by atoms with van der Waals surface area (Å²) in [6.45, 7) is 0.989. The molecule has 1 atom stereocenters. The number of aliphatic carboxylic acids is 1. The van der Waals surface area contributed by atoms with Gasteiger partial charge in [-0.1, -0.05) is 42.5 Å². The molecule has 3 amide bonds. The molecule has 9 heteroatoms. The first kappa shape index (κ1) is 20.0. The number of carbonyl (C=O) groups is 3. The molecule has 0 bridgehead atoms. The van der Waals surface area contributed by atoms with Crippen LogP contribution in [0.1, 0.15) is 18.1 Å². The second-order valence-electron chi connectivity index (χ2n) is 7.01. The number of nitro benzene ring substituents is 1. The lowest BCUT2D eigenvalue weighted by Gasteiger charge is -2.32. The van der Waals surface area contributed by atoms with Crippen molar-refractivity contribution in [2.24, 2.45) is 0 Å². The van der Waals surface area contributed by atoms with Crippen molar-refractivity contribution in [3.8, 4) is 0 Å². The van der Waals surface area contributed by atoms with Crippen LogP contribution in [0.3, 0.4) is 0 Å². The SMILES string of the molecule is C[C@@]1(Cc2ccc([N+](=O)[O-])cc2)C(=O)N(CC(=O)O)C(=O)N1Cc1ccccc1. The van der Waals surface area contributed by atoms with Crippen LogP contribution in [-0.2, 0) is 22.6 Å². The maximum absolute atomic E-state index is 13.0. The number of carboxylic acid groups (broad SMARTS) is 1. The van der Waals surface area contributed by atoms with Gasteiger partial charge < -0.3 is 10.0 Å². The number of nitro groups is 1. The van der Waals surface area contributed by atoms with E-state index >= 15 is 0 Å². The zero-order valence-corrected chi connectivity index (χ0v) is 15.6. The van der Waals surface area contributed by atoms with Crippen molar-refractivity contribution in [3.63, 3.8) is 0 Å². The minimum Gasteiger partial charge on any atom is -0.480 e. The number of carboxylic acids is 1. The molecule has 0 aliphatic carbocycles. The third kappa shape index (κ3) is 3.93. The van der Waals surface area contributed by atoms with Gasteiger partial charge in [0, 0.05) is 25.1 Å². The Kier molecular flexibility index (Phi) is 5.31. The van der Waals surface area contributed by atoms with Crippen molar-refractivity contribution in [2.45, 2.75) is 25.4 Å². The van der Waals surface area contributed by atoms with Gasteiger partial charge >= 0.3 is 12.0 Å². The zero-order chi connectivity index (χ0) is 21.2. The molecule has 9 nitrogen and oxygen atoms in total. The summed E-state index contributed by atoms with van der Waals surface area (Å²) in [5.74, 6) is -1.90. The highest BCUT2D eigenvalue weighted by Gasteiger charge is 2.54. The van der Waals surface area contributed by atoms with Gasteiger partial charge in [0.2, 0.25) is 0 Å². The van der Waals surface area contributed by atoms with Crippen molar-refractivity contribution in [3.05, 3.63) is 75.8 Å². The van der Waals surface area contributed by atoms with E-state index in [1.165, 1.54) is 29.2 Å². The molecule has 1 heterocycles. The molecule has 2 aromatic carbocycles. The molecule has 3 rings (SSSR count). The molecule has 0 unspecified atom stereocenters. The maximum atomic E-state index is 13.0. The highest BCUT2D eigenvalue weighted by Crippen LogP contribution is 2.33. The standard InChI is InChI=1S/C20H19N3O6/c1-20(11-14-7-9-16(10-8-14)23(28)29)18(26)21(13-17(24)25)19(27)22(20)12-15-5-3-2-4-6-15/h2-10H,11-13H2,1H3,(H,24,25)/t20-/m1/s1. The molecule has 1 N–H and O–H groups in total. The van der Waals surface area contributed by atoms with Crippen LogP contribution < -0.4 is 0 Å². The fourth-order valence-corrected chi connectivity index (χ4v) is 3.44. The molecular formula is C20H19N3O6. The van der Waals surface area contributed by atoms with E-state index in [4.69, 9.17) is 5.11 Å². The van der Waals surface area contributed by atoms with Crippen LogP contribution in [-0.4, -0.2) is 49.8 Å². The van der Waals surface area contributed by atoms with Gasteiger partial charge in [-0.15, -0.1) is 0 Å². The number of imide groups is 1. The van der Waals surface area contributed by atoms with Gasteiger partial charge in [0.25, 0.3) is 11.6 Å². The van der Waals surface area contributed by atoms with Gasteiger partial charge in [-0.2, -0.15) is 0 Å². The summed E-state index contributed by atoms with van der Waals surface area (Å²) < 4.78 is 0. The molecular weight excluding hydrogens is 378 g/mol. The lowest BCUT2D eigenvalue weighted by atomic mass is 9.90. The Morgan fingerprint density at radius 1 is 1.07 bits per heavy atom. The Morgan fingerprint density at radius 3 is 2.24 bits per heavy atom. The Bertz CT molecular complexity index is 960. The van der Waals surface area contributed by atoms with Crippen LogP contribution >= 0.6 is 0 Å². The minimum absolute atomic E-state index is 0.0821. The normalized spacial score (nSPS) is 18.9. The van der Waals surface area contributed by atoms with Crippen molar-refractivity contribution in [1.29, 1.82) is 0 Å². The van der Waals surface area contributed by atoms with Crippen molar-refractivity contribution in [1.82, 2.24) is 9.80 Å². The number of urea groups is 1. The molecule has 0 spiro atoms. The van der Waals surface area contributed by atoms with Gasteiger partial charge in [0.05, 0.1) is 4.92 Å². The number of non-ortho nitro benzene ring substituents is 1. The smallest absolute Gasteiger partial charge is 0.328 e. The van der Waals surface area contributed by atoms with Gasteiger partial charge in [0.15, 0.2) is 0 Å². The Labute approximate surface area is 166 Å². The number of rotatable bonds is 7. The van der Waals surface area contributed by atoms with Gasteiger partial charge in [-0.05, 0) is 18.1 Å². The first-order valence-electron chi connectivity index (χ1n) is 8.85. The predicted molar refractivity (Wildman–Crippen MR) is 102 cm³/mol. The highest BCUT2D eigenvalue weighted by molar-refractivity contribution is 6.08. The van der Waals surface area contributed by atoms with Crippen molar-refractivity contribution in [2.75, 3.05) is 6.54 Å². The fraction of sp³-hybridized carbons (Fsp3) is 0.250. The number of nitrogens with zero attached hydrogens (tertiary/aromatic N) is 3. The third-order valence-electron chi connectivity index (χ3n) is 4.94. The first-order chi connectivity index (χ1) is 13.7. The number of benzene rings is 2. The van der Waals surface area contributed by atoms with Crippen LogP contribution in [0.5, 0.6) is 0 Å². The topological polar surface area (TPSA) is 121 Å². The molecule has 0 radical (unpaired) electrons. The molecule has 29 heavy (non-hydrogen) atoms. The summed E-state index contributed by atoms with van der Waals surface area (Å²) in [6.07, 6.45) is 0.0958. The lowest BCUT2D eigenvalue weighted by Crippen LogP contribution is -2.48. The second-order valence-corrected chi connectivity index (χ2v) is 7.01. The third-order valence-corrected chi connectivity index (χ3v) is 4.94. The monoisotopic (exact) mass is 397 g/mol. The molecule has 1 aliphatic heterocycles. The van der Waals surface area contributed by atoms with E-state index in [9.17, 15) is 24.5 Å². The lowest BCUT2D eigenvalue weighted by molar-refractivity contribution is -0.384. The molecule has 1 saturated heterocycles. The summed E-state index contributed by atoms with van der Waals surface area (Å²) in [5, 5.41) is 20.0. The quantitative estimate of drug-likeness (QED) is 0.435. The van der Waals surface area contributed by atoms with E-state index in [2.05, 4.69) is 0 Å². The van der Waals surface area contributed by atoms with Crippen LogP contribution in [0.25, 0.3) is 0 Å². The highest BCUT2D eigenvalue weighted by atomic mass is 16.6. The van der Waals surface area contributed by atoms with E-state index in [0.29, 0.717) is 5.56 Å². The average molecular weight is 397 g/mol. The van der Waals surface area contributed by atoms with E-state index in [1.807, 2.05) is 18.2 Å². The number of hydrogen-bond acceptors (Lipinski definition) is 5. The van der Waals surface area contributed by atoms with Gasteiger partial charge in [0.1, 0.15) is 12.1 Å². The number of hydrogen-bond donors (Lipinski definition) is 1. The molecule has 0 saturated carbocycles. The number of carbonyl (C=O) groups excluding carboxylic acids is 2. The van der Waals surface area contributed by atoms with E-state index < -0.39 is 34.9 Å². The predicted octanol–water partition coefficient (Wildman–Crippen LogP) is 2.45. The summed E-state index contributed by atoms with van der Waals surface area (Å²) in [6, 6.07) is 14.1. The fourth-order valence-electron chi connectivity index (χ4n) is 3.44. The maximum Gasteiger partial charge on any atom is 0.328 e. The minimum atomic E-state index is -1.32. The van der Waals surface area contributed by atoms with Gasteiger partial charge in [-0.25, -0.2) is 4.79 Å². The second kappa shape index (κ2) is 7.70. The van der Waals surface area contributed by atoms with E-state index in [-0.39, 0.29) is 18.7 Å². The summed E-state index contributed by atoms with van der Waals surface area (Å²) in [7, 11) is 0. The summed E-state index contributed by atoms with van der Waals surface area (Å²) in [4.78, 5) is 49.5. The van der Waals surface area contributed by atoms with Crippen LogP contribution in [0.4, 0.5) is 10.5 Å². The van der Waals surface area contributed by atoms with Crippen LogP contribution in [0.15, 0.2) is 54.6 Å². The Hall–Kier alpha value is -3.75. The van der Waals surface area contributed by atoms with Crippen LogP contribution in [0, 0.1) is 10.1 Å². The molecule has 1 aliphatic rings. The van der Waals surface area contributed by atoms with Gasteiger partial charge in [-0.3, -0.25) is 24.6 Å². The van der Waals surface area contributed by atoms with E-state index in [1.54, 1.807) is 19.1 Å². The Balaban J connectivity index is 1.95. The number of amides is 3. The van der Waals surface area contributed by atoms with E-state index in [0.717, 1.165) is 10.5 Å². The largest absolute Gasteiger partial charge is 0.480 e. The van der Waals surface area contributed by atoms with Crippen molar-refractivity contribution < 1.29 is 24.4 Å². The molecule has 0 aromatic heterocycles.